The summed E-state index contributed by atoms with van der Waals surface area (Å²) in [5.74, 6) is 0.245. The molecule has 4 aromatic rings. The monoisotopic (exact) mass is 482 g/mol. The number of hydrogen-bond acceptors (Lipinski definition) is 5. The summed E-state index contributed by atoms with van der Waals surface area (Å²) in [6.45, 7) is 0.505. The van der Waals surface area contributed by atoms with Crippen LogP contribution in [0.2, 0.25) is 5.02 Å². The van der Waals surface area contributed by atoms with Gasteiger partial charge in [0, 0.05) is 12.2 Å². The number of nitrogens with one attached hydrogen (secondary N) is 3. The van der Waals surface area contributed by atoms with Gasteiger partial charge < -0.3 is 16.0 Å². The lowest BCUT2D eigenvalue weighted by Gasteiger charge is -2.08. The average molecular weight is 483 g/mol. The van der Waals surface area contributed by atoms with Crippen molar-refractivity contribution in [3.63, 3.8) is 0 Å². The standard InChI is InChI=1S/C23H19ClN4O2S2/c24-17-8-4-5-9-18(17)27-22(30)26-16-10-11-19-20(12-16)32-23(28-19)31-14-21(29)25-13-15-6-2-1-3-7-15/h1-12H,13-14H2,(H,25,29)(H2,26,27,30). The van der Waals surface area contributed by atoms with Crippen LogP contribution in [0.5, 0.6) is 0 Å². The van der Waals surface area contributed by atoms with Crippen LogP contribution in [0.3, 0.4) is 0 Å². The number of thioether (sulfide) groups is 1. The number of fused-ring (bicyclic) bond motifs is 1. The fraction of sp³-hybridized carbons (Fsp3) is 0.0870. The highest BCUT2D eigenvalue weighted by Gasteiger charge is 2.10. The highest BCUT2D eigenvalue weighted by atomic mass is 35.5. The summed E-state index contributed by atoms with van der Waals surface area (Å²) < 4.78 is 1.72. The van der Waals surface area contributed by atoms with E-state index in [1.54, 1.807) is 30.3 Å². The molecule has 3 N–H and O–H groups in total. The maximum atomic E-state index is 12.3. The fourth-order valence-corrected chi connectivity index (χ4v) is 4.99. The van der Waals surface area contributed by atoms with E-state index in [-0.39, 0.29) is 17.7 Å². The van der Waals surface area contributed by atoms with E-state index >= 15 is 0 Å². The lowest BCUT2D eigenvalue weighted by atomic mass is 10.2. The van der Waals surface area contributed by atoms with Crippen molar-refractivity contribution in [1.29, 1.82) is 0 Å². The van der Waals surface area contributed by atoms with E-state index in [1.165, 1.54) is 23.1 Å². The van der Waals surface area contributed by atoms with Crippen molar-refractivity contribution in [1.82, 2.24) is 10.3 Å². The van der Waals surface area contributed by atoms with Crippen LogP contribution in [0.15, 0.2) is 77.1 Å². The number of carbonyl (C=O) groups is 2. The second kappa shape index (κ2) is 10.5. The lowest BCUT2D eigenvalue weighted by molar-refractivity contribution is -0.118. The minimum absolute atomic E-state index is 0.0447. The highest BCUT2D eigenvalue weighted by Crippen LogP contribution is 2.31. The van der Waals surface area contributed by atoms with Crippen molar-refractivity contribution in [2.45, 2.75) is 10.9 Å². The van der Waals surface area contributed by atoms with Gasteiger partial charge in [-0.05, 0) is 35.9 Å². The topological polar surface area (TPSA) is 83.1 Å². The van der Waals surface area contributed by atoms with Gasteiger partial charge in [-0.25, -0.2) is 9.78 Å². The van der Waals surface area contributed by atoms with E-state index < -0.39 is 0 Å². The van der Waals surface area contributed by atoms with Crippen LogP contribution < -0.4 is 16.0 Å². The number of halogens is 1. The molecular formula is C23H19ClN4O2S2. The first kappa shape index (κ1) is 22.1. The predicted molar refractivity (Wildman–Crippen MR) is 133 cm³/mol. The van der Waals surface area contributed by atoms with Gasteiger partial charge in [-0.2, -0.15) is 0 Å². The summed E-state index contributed by atoms with van der Waals surface area (Å²) in [5, 5.41) is 8.90. The van der Waals surface area contributed by atoms with Crippen LogP contribution in [0.25, 0.3) is 10.2 Å². The Morgan fingerprint density at radius 1 is 0.969 bits per heavy atom. The van der Waals surface area contributed by atoms with E-state index in [9.17, 15) is 9.59 Å². The van der Waals surface area contributed by atoms with Crippen LogP contribution in [-0.2, 0) is 11.3 Å². The maximum absolute atomic E-state index is 12.3. The normalized spacial score (nSPS) is 10.7. The van der Waals surface area contributed by atoms with Gasteiger partial charge in [0.25, 0.3) is 0 Å². The summed E-state index contributed by atoms with van der Waals surface area (Å²) in [6, 6.07) is 21.9. The highest BCUT2D eigenvalue weighted by molar-refractivity contribution is 8.01. The Bertz CT molecular complexity index is 1250. The molecule has 0 spiro atoms. The molecule has 0 bridgehead atoms. The molecule has 3 amide bonds. The Morgan fingerprint density at radius 3 is 2.56 bits per heavy atom. The van der Waals surface area contributed by atoms with Crippen molar-refractivity contribution >= 4 is 68.2 Å². The second-order valence-corrected chi connectivity index (χ2v) is 9.43. The molecule has 0 saturated carbocycles. The molecule has 0 unspecified atom stereocenters. The van der Waals surface area contributed by atoms with E-state index in [4.69, 9.17) is 11.6 Å². The van der Waals surface area contributed by atoms with Gasteiger partial charge >= 0.3 is 6.03 Å². The van der Waals surface area contributed by atoms with Crippen LogP contribution >= 0.6 is 34.7 Å². The van der Waals surface area contributed by atoms with Crippen LogP contribution in [0.1, 0.15) is 5.56 Å². The number of aromatic nitrogens is 1. The predicted octanol–water partition coefficient (Wildman–Crippen LogP) is 6.00. The first-order valence-corrected chi connectivity index (χ1v) is 11.9. The zero-order valence-electron chi connectivity index (χ0n) is 16.8. The van der Waals surface area contributed by atoms with Crippen molar-refractivity contribution in [2.75, 3.05) is 16.4 Å². The van der Waals surface area contributed by atoms with Crippen molar-refractivity contribution in [3.05, 3.63) is 83.4 Å². The molecule has 6 nitrogen and oxygen atoms in total. The molecule has 0 aliphatic heterocycles. The molecule has 32 heavy (non-hydrogen) atoms. The minimum atomic E-state index is -0.383. The first-order chi connectivity index (χ1) is 15.6. The first-order valence-electron chi connectivity index (χ1n) is 9.73. The fourth-order valence-electron chi connectivity index (χ4n) is 2.87. The second-order valence-electron chi connectivity index (χ2n) is 6.77. The zero-order chi connectivity index (χ0) is 22.3. The van der Waals surface area contributed by atoms with E-state index in [0.717, 1.165) is 20.1 Å². The van der Waals surface area contributed by atoms with Crippen molar-refractivity contribution in [2.24, 2.45) is 0 Å². The molecule has 162 valence electrons. The summed E-state index contributed by atoms with van der Waals surface area (Å²) >= 11 is 8.95. The van der Waals surface area contributed by atoms with Crippen LogP contribution in [-0.4, -0.2) is 22.7 Å². The number of nitrogens with zero attached hydrogens (tertiary/aromatic N) is 1. The number of hydrogen-bond donors (Lipinski definition) is 3. The third-order valence-corrected chi connectivity index (χ3v) is 6.90. The third-order valence-electron chi connectivity index (χ3n) is 4.41. The maximum Gasteiger partial charge on any atom is 0.323 e. The summed E-state index contributed by atoms with van der Waals surface area (Å²) in [5.41, 5.74) is 3.06. The van der Waals surface area contributed by atoms with Gasteiger partial charge in [0.1, 0.15) is 0 Å². The summed E-state index contributed by atoms with van der Waals surface area (Å²) in [6.07, 6.45) is 0. The number of amides is 3. The van der Waals surface area contributed by atoms with Crippen LogP contribution in [0.4, 0.5) is 16.2 Å². The van der Waals surface area contributed by atoms with E-state index in [0.29, 0.717) is 22.9 Å². The number of benzene rings is 3. The smallest absolute Gasteiger partial charge is 0.323 e. The Kier molecular flexibility index (Phi) is 7.26. The van der Waals surface area contributed by atoms with Gasteiger partial charge in [0.05, 0.1) is 26.7 Å². The molecule has 1 aromatic heterocycles. The summed E-state index contributed by atoms with van der Waals surface area (Å²) in [7, 11) is 0. The molecule has 0 aliphatic carbocycles. The Hall–Kier alpha value is -3.07. The Balaban J connectivity index is 1.32. The Labute approximate surface area is 198 Å². The molecule has 1 heterocycles. The minimum Gasteiger partial charge on any atom is -0.351 e. The molecule has 0 saturated heterocycles. The molecule has 0 fully saturated rings. The number of rotatable bonds is 7. The molecule has 4 rings (SSSR count). The zero-order valence-corrected chi connectivity index (χ0v) is 19.2. The number of anilines is 2. The lowest BCUT2D eigenvalue weighted by Crippen LogP contribution is -2.24. The SMILES string of the molecule is O=C(CSc1nc2ccc(NC(=O)Nc3ccccc3Cl)cc2s1)NCc1ccccc1. The largest absolute Gasteiger partial charge is 0.351 e. The van der Waals surface area contributed by atoms with Gasteiger partial charge in [-0.15, -0.1) is 11.3 Å². The number of thiazole rings is 1. The molecule has 0 atom stereocenters. The number of carbonyl (C=O) groups excluding carboxylic acids is 2. The van der Waals surface area contributed by atoms with Crippen LogP contribution in [0, 0.1) is 0 Å². The third kappa shape index (κ3) is 6.00. The van der Waals surface area contributed by atoms with Gasteiger partial charge in [-0.1, -0.05) is 65.8 Å². The van der Waals surface area contributed by atoms with E-state index in [2.05, 4.69) is 20.9 Å². The van der Waals surface area contributed by atoms with Gasteiger partial charge in [0.2, 0.25) is 5.91 Å². The average Bonchev–Trinajstić information content (AvgIpc) is 3.21. The number of para-hydroxylation sites is 1. The van der Waals surface area contributed by atoms with E-state index in [1.807, 2.05) is 42.5 Å². The van der Waals surface area contributed by atoms with Crippen molar-refractivity contribution < 1.29 is 9.59 Å². The molecule has 9 heteroatoms. The quantitative estimate of drug-likeness (QED) is 0.282. The van der Waals surface area contributed by atoms with Crippen molar-refractivity contribution in [3.8, 4) is 0 Å². The number of urea groups is 1. The van der Waals surface area contributed by atoms with Gasteiger partial charge in [0.15, 0.2) is 4.34 Å². The molecular weight excluding hydrogens is 464 g/mol. The van der Waals surface area contributed by atoms with Gasteiger partial charge in [-0.3, -0.25) is 4.79 Å². The Morgan fingerprint density at radius 2 is 1.75 bits per heavy atom. The molecule has 0 radical (unpaired) electrons. The molecule has 0 aliphatic rings. The summed E-state index contributed by atoms with van der Waals surface area (Å²) in [4.78, 5) is 29.0. The molecule has 3 aromatic carbocycles.